The van der Waals surface area contributed by atoms with Crippen molar-refractivity contribution >= 4 is 27.7 Å². The van der Waals surface area contributed by atoms with Crippen LogP contribution in [0.5, 0.6) is 0 Å². The minimum absolute atomic E-state index is 0.00157. The molecular weight excluding hydrogens is 479 g/mol. The Hall–Kier alpha value is -4.05. The number of amides is 2. The number of halogens is 3. The van der Waals surface area contributed by atoms with Gasteiger partial charge in [-0.2, -0.15) is 18.4 Å². The maximum atomic E-state index is 13.2. The minimum atomic E-state index is -4.70. The SMILES string of the molecule is CC1=C(OC(=O)O)[C@H](c2ccc(C#N)cc2S(C)(=O)=O)NC(=O)N1c1cccc(C(F)(F)F)c1. The van der Waals surface area contributed by atoms with Gasteiger partial charge in [0.1, 0.15) is 6.04 Å². The topological polar surface area (TPSA) is 137 Å². The van der Waals surface area contributed by atoms with Crippen molar-refractivity contribution < 1.29 is 41.0 Å². The zero-order valence-corrected chi connectivity index (χ0v) is 18.4. The largest absolute Gasteiger partial charge is 0.511 e. The average Bonchev–Trinajstić information content (AvgIpc) is 2.74. The molecule has 0 radical (unpaired) electrons. The zero-order valence-electron chi connectivity index (χ0n) is 17.5. The van der Waals surface area contributed by atoms with Gasteiger partial charge in [-0.05, 0) is 37.3 Å². The molecule has 178 valence electrons. The smallest absolute Gasteiger partial charge is 0.449 e. The second-order valence-electron chi connectivity index (χ2n) is 7.22. The first kappa shape index (κ1) is 24.6. The summed E-state index contributed by atoms with van der Waals surface area (Å²) >= 11 is 0. The molecule has 0 bridgehead atoms. The Morgan fingerprint density at radius 3 is 2.47 bits per heavy atom. The highest BCUT2D eigenvalue weighted by molar-refractivity contribution is 7.90. The number of carbonyl (C=O) groups is 2. The third-order valence-corrected chi connectivity index (χ3v) is 6.06. The number of benzene rings is 2. The van der Waals surface area contributed by atoms with E-state index in [1.165, 1.54) is 25.1 Å². The highest BCUT2D eigenvalue weighted by Crippen LogP contribution is 2.38. The van der Waals surface area contributed by atoms with Gasteiger partial charge in [0, 0.05) is 11.8 Å². The quantitative estimate of drug-likeness (QED) is 0.607. The van der Waals surface area contributed by atoms with E-state index >= 15 is 0 Å². The standard InChI is InChI=1S/C21H16F3N3O6S/c1-11-18(33-20(29)30)17(15-7-6-12(10-25)8-16(15)34(2,31)32)26-19(28)27(11)14-5-3-4-13(9-14)21(22,23)24/h3-9,17H,1-2H3,(H,26,28)(H,29,30)/t17-/m0/s1. The molecule has 9 nitrogen and oxygen atoms in total. The van der Waals surface area contributed by atoms with E-state index in [1.54, 1.807) is 6.07 Å². The number of rotatable bonds is 4. The van der Waals surface area contributed by atoms with E-state index in [1.807, 2.05) is 0 Å². The number of anilines is 1. The van der Waals surface area contributed by atoms with Crippen molar-refractivity contribution in [2.75, 3.05) is 11.2 Å². The number of hydrogen-bond acceptors (Lipinski definition) is 6. The fourth-order valence-corrected chi connectivity index (χ4v) is 4.42. The van der Waals surface area contributed by atoms with Crippen LogP contribution in [0, 0.1) is 11.3 Å². The molecule has 0 aliphatic carbocycles. The van der Waals surface area contributed by atoms with Crippen LogP contribution in [0.4, 0.5) is 28.4 Å². The van der Waals surface area contributed by atoms with Gasteiger partial charge in [-0.15, -0.1) is 0 Å². The summed E-state index contributed by atoms with van der Waals surface area (Å²) in [6.07, 6.45) is -5.63. The summed E-state index contributed by atoms with van der Waals surface area (Å²) in [6.45, 7) is 1.24. The molecule has 1 aliphatic rings. The van der Waals surface area contributed by atoms with Gasteiger partial charge >= 0.3 is 18.4 Å². The molecule has 34 heavy (non-hydrogen) atoms. The molecule has 0 spiro atoms. The number of carbonyl (C=O) groups excluding carboxylic acids is 1. The normalized spacial score (nSPS) is 16.6. The number of nitriles is 1. The molecule has 2 N–H and O–H groups in total. The first-order chi connectivity index (χ1) is 15.7. The third kappa shape index (κ3) is 4.81. The van der Waals surface area contributed by atoms with E-state index in [0.29, 0.717) is 6.07 Å². The van der Waals surface area contributed by atoms with Crippen LogP contribution < -0.4 is 10.2 Å². The lowest BCUT2D eigenvalue weighted by Gasteiger charge is -2.35. The molecule has 0 unspecified atom stereocenters. The number of nitrogens with one attached hydrogen (secondary N) is 1. The van der Waals surface area contributed by atoms with Gasteiger partial charge in [0.05, 0.1) is 33.5 Å². The number of nitrogens with zero attached hydrogens (tertiary/aromatic N) is 2. The lowest BCUT2D eigenvalue weighted by molar-refractivity contribution is -0.137. The van der Waals surface area contributed by atoms with Crippen molar-refractivity contribution in [1.82, 2.24) is 5.32 Å². The number of carboxylic acid groups (broad SMARTS) is 1. The van der Waals surface area contributed by atoms with Crippen LogP contribution in [0.3, 0.4) is 0 Å². The Morgan fingerprint density at radius 1 is 1.24 bits per heavy atom. The van der Waals surface area contributed by atoms with E-state index < -0.39 is 45.6 Å². The fraction of sp³-hybridized carbons (Fsp3) is 0.190. The molecule has 13 heteroatoms. The van der Waals surface area contributed by atoms with Crippen LogP contribution in [0.15, 0.2) is 58.8 Å². The van der Waals surface area contributed by atoms with Gasteiger partial charge in [-0.25, -0.2) is 18.0 Å². The van der Waals surface area contributed by atoms with Crippen LogP contribution in [0.25, 0.3) is 0 Å². The second kappa shape index (κ2) is 8.71. The third-order valence-electron chi connectivity index (χ3n) is 4.91. The molecule has 0 fully saturated rings. The monoisotopic (exact) mass is 495 g/mol. The molecule has 2 aromatic rings. The summed E-state index contributed by atoms with van der Waals surface area (Å²) in [6, 6.07) is 6.74. The van der Waals surface area contributed by atoms with Crippen molar-refractivity contribution in [3.05, 3.63) is 70.6 Å². The van der Waals surface area contributed by atoms with Crippen molar-refractivity contribution in [1.29, 1.82) is 5.26 Å². The summed E-state index contributed by atoms with van der Waals surface area (Å²) < 4.78 is 69.1. The highest BCUT2D eigenvalue weighted by Gasteiger charge is 2.39. The van der Waals surface area contributed by atoms with Crippen molar-refractivity contribution in [2.24, 2.45) is 0 Å². The van der Waals surface area contributed by atoms with Gasteiger partial charge in [0.25, 0.3) is 0 Å². The van der Waals surface area contributed by atoms with Gasteiger partial charge in [-0.3, -0.25) is 4.90 Å². The molecule has 0 saturated heterocycles. The van der Waals surface area contributed by atoms with Crippen LogP contribution >= 0.6 is 0 Å². The van der Waals surface area contributed by atoms with Crippen LogP contribution in [0.1, 0.15) is 29.7 Å². The van der Waals surface area contributed by atoms with Crippen LogP contribution in [-0.2, 0) is 20.8 Å². The lowest BCUT2D eigenvalue weighted by atomic mass is 10.00. The Morgan fingerprint density at radius 2 is 1.91 bits per heavy atom. The fourth-order valence-electron chi connectivity index (χ4n) is 3.47. The van der Waals surface area contributed by atoms with Crippen molar-refractivity contribution in [2.45, 2.75) is 24.0 Å². The van der Waals surface area contributed by atoms with Gasteiger partial charge < -0.3 is 15.2 Å². The second-order valence-corrected chi connectivity index (χ2v) is 9.20. The number of hydrogen-bond donors (Lipinski definition) is 2. The van der Waals surface area contributed by atoms with Crippen LogP contribution in [-0.4, -0.2) is 32.0 Å². The number of ether oxygens (including phenoxy) is 1. The minimum Gasteiger partial charge on any atom is -0.449 e. The molecule has 2 amide bonds. The summed E-state index contributed by atoms with van der Waals surface area (Å²) in [4.78, 5) is 24.8. The summed E-state index contributed by atoms with van der Waals surface area (Å²) in [5.41, 5.74) is -1.54. The van der Waals surface area contributed by atoms with Gasteiger partial charge in [0.2, 0.25) is 0 Å². The molecule has 1 atom stereocenters. The first-order valence-electron chi connectivity index (χ1n) is 9.37. The van der Waals surface area contributed by atoms with Crippen molar-refractivity contribution in [3.8, 4) is 6.07 Å². The lowest BCUT2D eigenvalue weighted by Crippen LogP contribution is -2.47. The van der Waals surface area contributed by atoms with E-state index in [0.717, 1.165) is 29.4 Å². The Labute approximate surface area is 191 Å². The molecule has 1 heterocycles. The van der Waals surface area contributed by atoms with E-state index in [2.05, 4.69) is 5.32 Å². The Kier molecular flexibility index (Phi) is 6.30. The van der Waals surface area contributed by atoms with E-state index in [4.69, 9.17) is 10.00 Å². The summed E-state index contributed by atoms with van der Waals surface area (Å²) in [5, 5.41) is 20.7. The Balaban J connectivity index is 2.23. The van der Waals surface area contributed by atoms with E-state index in [9.17, 15) is 36.3 Å². The van der Waals surface area contributed by atoms with E-state index in [-0.39, 0.29) is 27.4 Å². The van der Waals surface area contributed by atoms with Gasteiger partial charge in [0.15, 0.2) is 15.6 Å². The molecule has 0 aromatic heterocycles. The number of alkyl halides is 3. The summed E-state index contributed by atoms with van der Waals surface area (Å²) in [5.74, 6) is -0.431. The number of allylic oxidation sites excluding steroid dienone is 1. The number of urea groups is 1. The highest BCUT2D eigenvalue weighted by atomic mass is 32.2. The Bertz CT molecular complexity index is 1360. The van der Waals surface area contributed by atoms with Crippen molar-refractivity contribution in [3.63, 3.8) is 0 Å². The molecule has 1 aliphatic heterocycles. The maximum absolute atomic E-state index is 13.2. The molecular formula is C21H16F3N3O6S. The number of sulfone groups is 1. The maximum Gasteiger partial charge on any atom is 0.511 e. The van der Waals surface area contributed by atoms with Crippen LogP contribution in [0.2, 0.25) is 0 Å². The average molecular weight is 495 g/mol. The molecule has 2 aromatic carbocycles. The molecule has 3 rings (SSSR count). The predicted octanol–water partition coefficient (Wildman–Crippen LogP) is 4.18. The first-order valence-corrected chi connectivity index (χ1v) is 11.3. The predicted molar refractivity (Wildman–Crippen MR) is 111 cm³/mol. The molecule has 0 saturated carbocycles. The van der Waals surface area contributed by atoms with Gasteiger partial charge in [-0.1, -0.05) is 12.1 Å². The zero-order chi connectivity index (χ0) is 25.4. The summed E-state index contributed by atoms with van der Waals surface area (Å²) in [7, 11) is -3.96.